The Balaban J connectivity index is 0.000000492. The van der Waals surface area contributed by atoms with Crippen LogP contribution in [0.5, 0.6) is 0 Å². The van der Waals surface area contributed by atoms with Gasteiger partial charge in [0.25, 0.3) is 0 Å². The first kappa shape index (κ1) is 14.0. The van der Waals surface area contributed by atoms with Crippen LogP contribution in [0.15, 0.2) is 54.6 Å². The molecule has 4 N–H and O–H groups in total. The van der Waals surface area contributed by atoms with Crippen LogP contribution in [-0.4, -0.2) is 23.6 Å². The van der Waals surface area contributed by atoms with Crippen LogP contribution in [0.2, 0.25) is 0 Å². The van der Waals surface area contributed by atoms with Crippen molar-refractivity contribution < 1.29 is 14.8 Å². The number of nitrogens with two attached hydrogens (primary N) is 1. The molecule has 0 atom stereocenters. The van der Waals surface area contributed by atoms with Gasteiger partial charge >= 0.3 is 7.12 Å². The maximum absolute atomic E-state index is 9.05. The summed E-state index contributed by atoms with van der Waals surface area (Å²) >= 11 is 0. The molecule has 0 saturated heterocycles. The Kier molecular flexibility index (Phi) is 5.63. The number of hydrogen-bond donors (Lipinski definition) is 3. The van der Waals surface area contributed by atoms with Crippen LogP contribution in [0, 0.1) is 0 Å². The van der Waals surface area contributed by atoms with Gasteiger partial charge in [0.05, 0.1) is 0 Å². The van der Waals surface area contributed by atoms with Crippen LogP contribution in [0.3, 0.4) is 0 Å². The van der Waals surface area contributed by atoms with Crippen molar-refractivity contribution in [2.24, 2.45) is 5.73 Å². The van der Waals surface area contributed by atoms with Gasteiger partial charge in [0.1, 0.15) is 0 Å². The van der Waals surface area contributed by atoms with Gasteiger partial charge < -0.3 is 15.8 Å². The summed E-state index contributed by atoms with van der Waals surface area (Å²) in [5, 5.41) is 18.1. The minimum Gasteiger partial charge on any atom is -0.423 e. The molecule has 0 spiro atoms. The van der Waals surface area contributed by atoms with Crippen molar-refractivity contribution in [3.05, 3.63) is 54.6 Å². The number of benzene rings is 2. The van der Waals surface area contributed by atoms with E-state index in [0.29, 0.717) is 5.46 Å². The van der Waals surface area contributed by atoms with E-state index < -0.39 is 7.12 Å². The van der Waals surface area contributed by atoms with E-state index in [2.05, 4.69) is 5.73 Å². The quantitative estimate of drug-likeness (QED) is 0.518. The smallest absolute Gasteiger partial charge is 0.423 e. The number of primary amides is 1. The summed E-state index contributed by atoms with van der Waals surface area (Å²) in [6.45, 7) is 0. The highest BCUT2D eigenvalue weighted by molar-refractivity contribution is 6.58. The average molecular weight is 243 g/mol. The Hall–Kier alpha value is -2.11. The molecular weight excluding hydrogens is 229 g/mol. The molecule has 0 radical (unpaired) electrons. The number of rotatable bonds is 2. The van der Waals surface area contributed by atoms with Crippen LogP contribution in [-0.2, 0) is 4.79 Å². The van der Waals surface area contributed by atoms with E-state index in [-0.39, 0.29) is 6.41 Å². The Labute approximate surface area is 106 Å². The summed E-state index contributed by atoms with van der Waals surface area (Å²) in [5.74, 6) is 0. The third-order valence-electron chi connectivity index (χ3n) is 2.29. The Morgan fingerprint density at radius 2 is 1.50 bits per heavy atom. The molecule has 4 nitrogen and oxygen atoms in total. The first-order chi connectivity index (χ1) is 8.69. The summed E-state index contributed by atoms with van der Waals surface area (Å²) in [4.78, 5) is 8.58. The second-order valence-corrected chi connectivity index (χ2v) is 3.50. The lowest BCUT2D eigenvalue weighted by Crippen LogP contribution is -2.29. The monoisotopic (exact) mass is 243 g/mol. The van der Waals surface area contributed by atoms with Gasteiger partial charge in [-0.1, -0.05) is 54.6 Å². The van der Waals surface area contributed by atoms with Gasteiger partial charge in [-0.3, -0.25) is 4.79 Å². The van der Waals surface area contributed by atoms with Crippen LogP contribution in [0.4, 0.5) is 0 Å². The molecule has 18 heavy (non-hydrogen) atoms. The van der Waals surface area contributed by atoms with Crippen LogP contribution in [0.1, 0.15) is 0 Å². The van der Waals surface area contributed by atoms with Gasteiger partial charge in [-0.2, -0.15) is 0 Å². The molecule has 0 unspecified atom stereocenters. The molecule has 1 amide bonds. The summed E-state index contributed by atoms with van der Waals surface area (Å²) in [7, 11) is -1.41. The predicted molar refractivity (Wildman–Crippen MR) is 72.0 cm³/mol. The molecule has 2 aromatic carbocycles. The molecule has 0 aliphatic rings. The third kappa shape index (κ3) is 4.05. The summed E-state index contributed by atoms with van der Waals surface area (Å²) in [6.07, 6.45) is 0.250. The molecule has 2 aromatic rings. The van der Waals surface area contributed by atoms with E-state index >= 15 is 0 Å². The zero-order valence-corrected chi connectivity index (χ0v) is 9.73. The molecular formula is C13H14BNO3. The number of carbonyl (C=O) groups excluding carboxylic acids is 1. The second kappa shape index (κ2) is 7.27. The standard InChI is InChI=1S/C12H11BO2.CH3NO/c14-13(15)12-8-4-7-11(9-12)10-5-2-1-3-6-10;2-1-3/h1-9,14-15H;1H,(H2,2,3). The first-order valence-electron chi connectivity index (χ1n) is 5.36. The highest BCUT2D eigenvalue weighted by Gasteiger charge is 2.10. The fraction of sp³-hybridized carbons (Fsp3) is 0. The predicted octanol–water partition coefficient (Wildman–Crippen LogP) is 0.135. The Morgan fingerprint density at radius 3 is 2.06 bits per heavy atom. The van der Waals surface area contributed by atoms with Crippen LogP contribution >= 0.6 is 0 Å². The van der Waals surface area contributed by atoms with Crippen LogP contribution in [0.25, 0.3) is 11.1 Å². The normalized spacial score (nSPS) is 9.00. The topological polar surface area (TPSA) is 83.6 Å². The second-order valence-electron chi connectivity index (χ2n) is 3.50. The lowest BCUT2D eigenvalue weighted by Gasteiger charge is -2.04. The molecule has 0 fully saturated rings. The van der Waals surface area contributed by atoms with Crippen molar-refractivity contribution in [2.45, 2.75) is 0 Å². The first-order valence-corrected chi connectivity index (χ1v) is 5.36. The fourth-order valence-electron chi connectivity index (χ4n) is 1.51. The van der Waals surface area contributed by atoms with Gasteiger partial charge in [-0.25, -0.2) is 0 Å². The highest BCUT2D eigenvalue weighted by Crippen LogP contribution is 2.16. The van der Waals surface area contributed by atoms with E-state index in [1.807, 2.05) is 42.5 Å². The van der Waals surface area contributed by atoms with Gasteiger partial charge in [-0.15, -0.1) is 0 Å². The molecule has 5 heteroatoms. The SMILES string of the molecule is NC=O.OB(O)c1cccc(-c2ccccc2)c1. The highest BCUT2D eigenvalue weighted by atomic mass is 16.4. The van der Waals surface area contributed by atoms with Crippen molar-refractivity contribution in [3.8, 4) is 11.1 Å². The lowest BCUT2D eigenvalue weighted by molar-refractivity contribution is -0.106. The molecule has 0 saturated carbocycles. The summed E-state index contributed by atoms with van der Waals surface area (Å²) < 4.78 is 0. The van der Waals surface area contributed by atoms with E-state index in [0.717, 1.165) is 11.1 Å². The molecule has 0 aromatic heterocycles. The lowest BCUT2D eigenvalue weighted by atomic mass is 9.79. The van der Waals surface area contributed by atoms with Crippen molar-refractivity contribution >= 4 is 19.0 Å². The van der Waals surface area contributed by atoms with E-state index in [1.54, 1.807) is 12.1 Å². The van der Waals surface area contributed by atoms with Crippen molar-refractivity contribution in [3.63, 3.8) is 0 Å². The third-order valence-corrected chi connectivity index (χ3v) is 2.29. The summed E-state index contributed by atoms with van der Waals surface area (Å²) in [5.41, 5.74) is 6.73. The minimum atomic E-state index is -1.41. The zero-order chi connectivity index (χ0) is 13.4. The summed E-state index contributed by atoms with van der Waals surface area (Å²) in [6, 6.07) is 17.1. The van der Waals surface area contributed by atoms with Gasteiger partial charge in [0.2, 0.25) is 6.41 Å². The number of carbonyl (C=O) groups is 1. The molecule has 0 bridgehead atoms. The maximum atomic E-state index is 9.05. The maximum Gasteiger partial charge on any atom is 0.488 e. The molecule has 0 heterocycles. The van der Waals surface area contributed by atoms with Crippen LogP contribution < -0.4 is 11.2 Å². The minimum absolute atomic E-state index is 0.250. The molecule has 0 aliphatic heterocycles. The molecule has 92 valence electrons. The number of hydrogen-bond acceptors (Lipinski definition) is 3. The largest absolute Gasteiger partial charge is 0.488 e. The van der Waals surface area contributed by atoms with Crippen molar-refractivity contribution in [2.75, 3.05) is 0 Å². The zero-order valence-electron chi connectivity index (χ0n) is 9.73. The number of amides is 1. The van der Waals surface area contributed by atoms with E-state index in [4.69, 9.17) is 14.8 Å². The van der Waals surface area contributed by atoms with E-state index in [1.165, 1.54) is 0 Å². The van der Waals surface area contributed by atoms with Gasteiger partial charge in [-0.05, 0) is 16.6 Å². The Morgan fingerprint density at radius 1 is 0.944 bits per heavy atom. The van der Waals surface area contributed by atoms with E-state index in [9.17, 15) is 0 Å². The van der Waals surface area contributed by atoms with Crippen molar-refractivity contribution in [1.29, 1.82) is 0 Å². The Bertz CT molecular complexity index is 489. The average Bonchev–Trinajstić information content (AvgIpc) is 2.41. The van der Waals surface area contributed by atoms with Gasteiger partial charge in [0.15, 0.2) is 0 Å². The van der Waals surface area contributed by atoms with Crippen molar-refractivity contribution in [1.82, 2.24) is 0 Å². The molecule has 0 aliphatic carbocycles. The van der Waals surface area contributed by atoms with Gasteiger partial charge in [0, 0.05) is 0 Å². The fourth-order valence-corrected chi connectivity index (χ4v) is 1.51. The molecule has 2 rings (SSSR count).